The quantitative estimate of drug-likeness (QED) is 0.174. The van der Waals surface area contributed by atoms with E-state index in [1.165, 1.54) is 108 Å². The van der Waals surface area contributed by atoms with Crippen molar-refractivity contribution in [3.05, 3.63) is 116 Å². The zero-order chi connectivity index (χ0) is 28.2. The van der Waals surface area contributed by atoms with E-state index < -0.39 is 0 Å². The van der Waals surface area contributed by atoms with Crippen LogP contribution in [0.25, 0.3) is 22.3 Å². The summed E-state index contributed by atoms with van der Waals surface area (Å²) in [5, 5.41) is 0. The van der Waals surface area contributed by atoms with Crippen LogP contribution in [0.3, 0.4) is 0 Å². The van der Waals surface area contributed by atoms with Gasteiger partial charge in [-0.15, -0.1) is 0 Å². The molecule has 0 unspecified atom stereocenters. The van der Waals surface area contributed by atoms with Gasteiger partial charge in [-0.25, -0.2) is 0 Å². The van der Waals surface area contributed by atoms with Crippen LogP contribution >= 0.6 is 31.9 Å². The second-order valence-electron chi connectivity index (χ2n) is 14.2. The van der Waals surface area contributed by atoms with Crippen LogP contribution in [0.15, 0.2) is 93.9 Å². The second-order valence-corrected chi connectivity index (χ2v) is 16.0. The molecule has 0 spiro atoms. The van der Waals surface area contributed by atoms with Crippen molar-refractivity contribution >= 4 is 31.9 Å². The maximum atomic E-state index is 3.72. The predicted molar refractivity (Wildman–Crippen MR) is 181 cm³/mol. The molecule has 0 radical (unpaired) electrons. The molecule has 42 heavy (non-hydrogen) atoms. The molecule has 10 rings (SSSR count). The standard InChI is InChI=1S/C20H18Br2.C20H20/c21-13-3-5-15-16-6-4-14(22)12-18(16)20-8-1-7-19(20,9-2-10-20)17(15)11-13;1-3-9-17-15(7-1)16-8-2-4-10-18(16)20-13-5-11-19(17,20)12-6-14-20/h3-6,11-12H,1-2,7-10H2;1-4,7-10H,5-6,11-14H2. The first-order valence-electron chi connectivity index (χ1n) is 16.3. The Kier molecular flexibility index (Phi) is 5.74. The molecule has 2 heteroatoms. The van der Waals surface area contributed by atoms with E-state index in [9.17, 15) is 0 Å². The molecule has 4 aromatic rings. The van der Waals surface area contributed by atoms with Crippen molar-refractivity contribution in [2.45, 2.75) is 98.7 Å². The number of fused-ring (bicyclic) bond motifs is 6. The summed E-state index contributed by atoms with van der Waals surface area (Å²) in [5.41, 5.74) is 14.2. The summed E-state index contributed by atoms with van der Waals surface area (Å²) >= 11 is 7.45. The third-order valence-corrected chi connectivity index (χ3v) is 14.1. The van der Waals surface area contributed by atoms with Gasteiger partial charge >= 0.3 is 0 Å². The lowest BCUT2D eigenvalue weighted by atomic mass is 9.55. The Bertz CT molecular complexity index is 1600. The van der Waals surface area contributed by atoms with Crippen LogP contribution in [-0.4, -0.2) is 0 Å². The summed E-state index contributed by atoms with van der Waals surface area (Å²) in [6, 6.07) is 32.4. The Balaban J connectivity index is 0.000000120. The lowest BCUT2D eigenvalue weighted by Crippen LogP contribution is -2.43. The molecule has 4 aromatic carbocycles. The highest BCUT2D eigenvalue weighted by Crippen LogP contribution is 2.70. The molecule has 0 aliphatic heterocycles. The van der Waals surface area contributed by atoms with E-state index in [1.807, 2.05) is 0 Å². The highest BCUT2D eigenvalue weighted by Gasteiger charge is 2.63. The van der Waals surface area contributed by atoms with Gasteiger partial charge in [0.05, 0.1) is 0 Å². The lowest BCUT2D eigenvalue weighted by molar-refractivity contribution is 0.299. The first-order valence-corrected chi connectivity index (χ1v) is 17.9. The highest BCUT2D eigenvalue weighted by molar-refractivity contribution is 9.10. The van der Waals surface area contributed by atoms with Gasteiger partial charge in [-0.1, -0.05) is 118 Å². The van der Waals surface area contributed by atoms with Crippen LogP contribution in [-0.2, 0) is 21.7 Å². The average molecular weight is 679 g/mol. The maximum Gasteiger partial charge on any atom is 0.0178 e. The molecule has 0 atom stereocenters. The Hall–Kier alpha value is -2.16. The number of hydrogen-bond acceptors (Lipinski definition) is 0. The van der Waals surface area contributed by atoms with Crippen LogP contribution in [0, 0.1) is 0 Å². The minimum absolute atomic E-state index is 0.389. The van der Waals surface area contributed by atoms with Crippen LogP contribution in [0.4, 0.5) is 0 Å². The van der Waals surface area contributed by atoms with Crippen LogP contribution in [0.5, 0.6) is 0 Å². The van der Waals surface area contributed by atoms with Crippen molar-refractivity contribution < 1.29 is 0 Å². The fourth-order valence-corrected chi connectivity index (χ4v) is 12.6. The SMILES string of the molecule is Brc1ccc2c(c1)C13CCCC1(CCC3)c1cc(Br)ccc1-2.c1ccc2c(c1)-c1ccccc1C13CCCC21CCC3. The summed E-state index contributed by atoms with van der Waals surface area (Å²) in [5.74, 6) is 0. The van der Waals surface area contributed by atoms with Gasteiger partial charge < -0.3 is 0 Å². The average Bonchev–Trinajstić information content (AvgIpc) is 3.76. The monoisotopic (exact) mass is 676 g/mol. The summed E-state index contributed by atoms with van der Waals surface area (Å²) < 4.78 is 2.46. The normalized spacial score (nSPS) is 32.2. The molecule has 0 saturated heterocycles. The van der Waals surface area contributed by atoms with E-state index in [0.717, 1.165) is 0 Å². The van der Waals surface area contributed by atoms with Crippen molar-refractivity contribution in [2.24, 2.45) is 0 Å². The van der Waals surface area contributed by atoms with Gasteiger partial charge in [0.1, 0.15) is 0 Å². The molecule has 6 aliphatic carbocycles. The minimum Gasteiger partial charge on any atom is -0.0619 e. The Morgan fingerprint density at radius 2 is 0.667 bits per heavy atom. The van der Waals surface area contributed by atoms with E-state index in [1.54, 1.807) is 22.3 Å². The number of benzene rings is 4. The van der Waals surface area contributed by atoms with Crippen LogP contribution in [0.2, 0.25) is 0 Å². The van der Waals surface area contributed by atoms with Crippen LogP contribution < -0.4 is 0 Å². The molecule has 0 heterocycles. The van der Waals surface area contributed by atoms with Crippen molar-refractivity contribution in [3.8, 4) is 22.3 Å². The molecule has 4 fully saturated rings. The molecule has 0 amide bonds. The molecule has 0 bridgehead atoms. The predicted octanol–water partition coefficient (Wildman–Crippen LogP) is 11.9. The summed E-state index contributed by atoms with van der Waals surface area (Å²) in [4.78, 5) is 0. The third-order valence-electron chi connectivity index (χ3n) is 13.1. The Morgan fingerprint density at radius 1 is 0.357 bits per heavy atom. The van der Waals surface area contributed by atoms with E-state index in [4.69, 9.17) is 0 Å². The van der Waals surface area contributed by atoms with E-state index in [2.05, 4.69) is 117 Å². The van der Waals surface area contributed by atoms with Crippen molar-refractivity contribution in [1.29, 1.82) is 0 Å². The number of rotatable bonds is 0. The topological polar surface area (TPSA) is 0 Å². The zero-order valence-electron chi connectivity index (χ0n) is 24.3. The van der Waals surface area contributed by atoms with Gasteiger partial charge in [0.25, 0.3) is 0 Å². The van der Waals surface area contributed by atoms with E-state index in [0.29, 0.717) is 21.7 Å². The molecule has 212 valence electrons. The Morgan fingerprint density at radius 3 is 1.05 bits per heavy atom. The molecular weight excluding hydrogens is 640 g/mol. The van der Waals surface area contributed by atoms with E-state index in [-0.39, 0.29) is 0 Å². The Labute approximate surface area is 267 Å². The first-order chi connectivity index (χ1) is 20.5. The van der Waals surface area contributed by atoms with Crippen molar-refractivity contribution in [3.63, 3.8) is 0 Å². The van der Waals surface area contributed by atoms with Gasteiger partial charge in [-0.3, -0.25) is 0 Å². The fourth-order valence-electron chi connectivity index (χ4n) is 11.9. The zero-order valence-corrected chi connectivity index (χ0v) is 27.5. The first kappa shape index (κ1) is 26.3. The lowest BCUT2D eigenvalue weighted by Gasteiger charge is -2.48. The van der Waals surface area contributed by atoms with Gasteiger partial charge in [-0.2, -0.15) is 0 Å². The largest absolute Gasteiger partial charge is 0.0619 e. The maximum absolute atomic E-state index is 3.72. The molecule has 0 N–H and O–H groups in total. The van der Waals surface area contributed by atoms with Gasteiger partial charge in [-0.05, 0) is 120 Å². The third kappa shape index (κ3) is 3.14. The minimum atomic E-state index is 0.389. The second kappa shape index (κ2) is 9.18. The van der Waals surface area contributed by atoms with Crippen LogP contribution in [0.1, 0.15) is 99.3 Å². The van der Waals surface area contributed by atoms with Crippen molar-refractivity contribution in [2.75, 3.05) is 0 Å². The van der Waals surface area contributed by atoms with E-state index >= 15 is 0 Å². The molecule has 0 aromatic heterocycles. The number of hydrogen-bond donors (Lipinski definition) is 0. The fraction of sp³-hybridized carbons (Fsp3) is 0.400. The van der Waals surface area contributed by atoms with Gasteiger partial charge in [0, 0.05) is 30.6 Å². The van der Waals surface area contributed by atoms with Gasteiger partial charge in [0.15, 0.2) is 0 Å². The molecule has 4 saturated carbocycles. The summed E-state index contributed by atoms with van der Waals surface area (Å²) in [6.07, 6.45) is 16.6. The smallest absolute Gasteiger partial charge is 0.0178 e. The van der Waals surface area contributed by atoms with Gasteiger partial charge in [0.2, 0.25) is 0 Å². The highest BCUT2D eigenvalue weighted by atomic mass is 79.9. The molecule has 0 nitrogen and oxygen atoms in total. The molecular formula is C40H38Br2. The summed E-state index contributed by atoms with van der Waals surface area (Å²) in [7, 11) is 0. The molecule has 6 aliphatic rings. The summed E-state index contributed by atoms with van der Waals surface area (Å²) in [6.45, 7) is 0. The van der Waals surface area contributed by atoms with Crippen molar-refractivity contribution in [1.82, 2.24) is 0 Å². The number of halogens is 2.